The summed E-state index contributed by atoms with van der Waals surface area (Å²) in [6.07, 6.45) is 12.3. The number of fused-ring (bicyclic) bond motifs is 1. The molecule has 0 spiro atoms. The average molecular weight is 511 g/mol. The Kier molecular flexibility index (Phi) is 11.8. The van der Waals surface area contributed by atoms with Gasteiger partial charge in [-0.05, 0) is 49.9 Å². The number of esters is 2. The van der Waals surface area contributed by atoms with E-state index in [-0.39, 0.29) is 12.1 Å². The molecule has 1 aliphatic heterocycles. The van der Waals surface area contributed by atoms with Crippen LogP contribution in [-0.2, 0) is 16.0 Å². The van der Waals surface area contributed by atoms with Gasteiger partial charge in [0, 0.05) is 31.0 Å². The molecule has 202 valence electrons. The lowest BCUT2D eigenvalue weighted by Gasteiger charge is -2.28. The van der Waals surface area contributed by atoms with E-state index in [1.807, 2.05) is 31.2 Å². The molecule has 6 heteroatoms. The minimum Gasteiger partial charge on any atom is -0.494 e. The maximum atomic E-state index is 12.7. The second-order valence-electron chi connectivity index (χ2n) is 9.69. The summed E-state index contributed by atoms with van der Waals surface area (Å²) in [5.41, 5.74) is 1.89. The maximum Gasteiger partial charge on any atom is 0.311 e. The van der Waals surface area contributed by atoms with Crippen LogP contribution >= 0.6 is 0 Å². The van der Waals surface area contributed by atoms with E-state index in [2.05, 4.69) is 6.92 Å². The maximum absolute atomic E-state index is 12.7. The van der Waals surface area contributed by atoms with Crippen LogP contribution in [0.3, 0.4) is 0 Å². The zero-order valence-corrected chi connectivity index (χ0v) is 22.7. The monoisotopic (exact) mass is 510 g/mol. The molecule has 2 aromatic carbocycles. The molecule has 1 unspecified atom stereocenters. The summed E-state index contributed by atoms with van der Waals surface area (Å²) in [6, 6.07) is 11.0. The first-order valence-corrected chi connectivity index (χ1v) is 14.0. The van der Waals surface area contributed by atoms with Gasteiger partial charge in [-0.2, -0.15) is 0 Å². The Balaban J connectivity index is 1.61. The predicted molar refractivity (Wildman–Crippen MR) is 145 cm³/mol. The first-order valence-electron chi connectivity index (χ1n) is 14.0. The van der Waals surface area contributed by atoms with Crippen LogP contribution in [0, 0.1) is 0 Å². The van der Waals surface area contributed by atoms with E-state index in [4.69, 9.17) is 18.9 Å². The Morgan fingerprint density at radius 2 is 1.57 bits per heavy atom. The Labute approximate surface area is 221 Å². The van der Waals surface area contributed by atoms with Crippen molar-refractivity contribution in [2.24, 2.45) is 0 Å². The molecular weight excluding hydrogens is 468 g/mol. The van der Waals surface area contributed by atoms with Crippen molar-refractivity contribution >= 4 is 11.9 Å². The van der Waals surface area contributed by atoms with Gasteiger partial charge < -0.3 is 18.9 Å². The first-order chi connectivity index (χ1) is 18.0. The number of ether oxygens (including phenoxy) is 4. The number of aryl methyl sites for hydroxylation is 1. The SMILES string of the molecule is CCCCCCCCCCCC(=O)Oc1cc(OC(C)=O)ccc1C1CCc2ccc(OCC)cc2O1. The van der Waals surface area contributed by atoms with Crippen molar-refractivity contribution in [3.8, 4) is 23.0 Å². The van der Waals surface area contributed by atoms with Crippen molar-refractivity contribution in [2.75, 3.05) is 6.61 Å². The molecule has 1 aliphatic rings. The van der Waals surface area contributed by atoms with Gasteiger partial charge in [0.25, 0.3) is 0 Å². The number of benzene rings is 2. The molecule has 0 amide bonds. The van der Waals surface area contributed by atoms with Crippen LogP contribution < -0.4 is 18.9 Å². The highest BCUT2D eigenvalue weighted by atomic mass is 16.5. The van der Waals surface area contributed by atoms with Crippen LogP contribution in [0.1, 0.15) is 109 Å². The van der Waals surface area contributed by atoms with Gasteiger partial charge in [-0.15, -0.1) is 0 Å². The number of carbonyl (C=O) groups excluding carboxylic acids is 2. The van der Waals surface area contributed by atoms with Crippen molar-refractivity contribution in [1.29, 1.82) is 0 Å². The number of rotatable bonds is 15. The number of hydrogen-bond acceptors (Lipinski definition) is 6. The Hall–Kier alpha value is -3.02. The standard InChI is InChI=1S/C31H42O6/c1-4-6-7-8-9-10-11-12-13-14-31(33)37-30-22-26(35-23(3)32)18-19-27(30)28-20-16-24-15-17-25(34-5-2)21-29(24)36-28/h15,17-19,21-22,28H,4-14,16,20H2,1-3H3. The Morgan fingerprint density at radius 3 is 2.27 bits per heavy atom. The van der Waals surface area contributed by atoms with Crippen LogP contribution in [0.4, 0.5) is 0 Å². The van der Waals surface area contributed by atoms with E-state index in [1.54, 1.807) is 12.1 Å². The zero-order valence-electron chi connectivity index (χ0n) is 22.7. The fraction of sp³-hybridized carbons (Fsp3) is 0.548. The van der Waals surface area contributed by atoms with Crippen LogP contribution in [-0.4, -0.2) is 18.5 Å². The summed E-state index contributed by atoms with van der Waals surface area (Å²) in [6.45, 7) is 6.11. The predicted octanol–water partition coefficient (Wildman–Crippen LogP) is 7.90. The van der Waals surface area contributed by atoms with Gasteiger partial charge in [0.2, 0.25) is 0 Å². The number of hydrogen-bond donors (Lipinski definition) is 0. The second-order valence-corrected chi connectivity index (χ2v) is 9.69. The summed E-state index contributed by atoms with van der Waals surface area (Å²) in [5, 5.41) is 0. The molecule has 0 aromatic heterocycles. The largest absolute Gasteiger partial charge is 0.494 e. The van der Waals surface area contributed by atoms with Crippen molar-refractivity contribution in [3.63, 3.8) is 0 Å². The molecule has 0 aliphatic carbocycles. The first kappa shape index (κ1) is 28.5. The Morgan fingerprint density at radius 1 is 0.865 bits per heavy atom. The van der Waals surface area contributed by atoms with Gasteiger partial charge in [-0.25, -0.2) is 0 Å². The van der Waals surface area contributed by atoms with Gasteiger partial charge in [0.15, 0.2) is 0 Å². The van der Waals surface area contributed by atoms with E-state index in [9.17, 15) is 9.59 Å². The highest BCUT2D eigenvalue weighted by molar-refractivity contribution is 5.74. The van der Waals surface area contributed by atoms with Crippen molar-refractivity contribution in [1.82, 2.24) is 0 Å². The molecule has 0 N–H and O–H groups in total. The number of unbranched alkanes of at least 4 members (excludes halogenated alkanes) is 8. The highest BCUT2D eigenvalue weighted by Crippen LogP contribution is 2.41. The van der Waals surface area contributed by atoms with E-state index in [0.717, 1.165) is 54.7 Å². The van der Waals surface area contributed by atoms with Gasteiger partial charge >= 0.3 is 11.9 Å². The summed E-state index contributed by atoms with van der Waals surface area (Å²) >= 11 is 0. The van der Waals surface area contributed by atoms with E-state index >= 15 is 0 Å². The minimum absolute atomic E-state index is 0.279. The summed E-state index contributed by atoms with van der Waals surface area (Å²) < 4.78 is 23.0. The van der Waals surface area contributed by atoms with E-state index < -0.39 is 5.97 Å². The average Bonchev–Trinajstić information content (AvgIpc) is 2.87. The minimum atomic E-state index is -0.425. The van der Waals surface area contributed by atoms with Crippen LogP contribution in [0.25, 0.3) is 0 Å². The highest BCUT2D eigenvalue weighted by Gasteiger charge is 2.26. The zero-order chi connectivity index (χ0) is 26.5. The molecule has 37 heavy (non-hydrogen) atoms. The third kappa shape index (κ3) is 9.42. The molecule has 0 fully saturated rings. The summed E-state index contributed by atoms with van der Waals surface area (Å²) in [7, 11) is 0. The fourth-order valence-corrected chi connectivity index (χ4v) is 4.68. The molecule has 0 saturated heterocycles. The Bertz CT molecular complexity index is 1010. The molecule has 3 rings (SSSR count). The number of carbonyl (C=O) groups is 2. The van der Waals surface area contributed by atoms with Crippen molar-refractivity contribution < 1.29 is 28.5 Å². The lowest BCUT2D eigenvalue weighted by molar-refractivity contribution is -0.134. The second kappa shape index (κ2) is 15.3. The van der Waals surface area contributed by atoms with Gasteiger partial charge in [-0.3, -0.25) is 9.59 Å². The van der Waals surface area contributed by atoms with Gasteiger partial charge in [0.05, 0.1) is 6.61 Å². The van der Waals surface area contributed by atoms with Gasteiger partial charge in [-0.1, -0.05) is 64.4 Å². The smallest absolute Gasteiger partial charge is 0.311 e. The molecule has 0 radical (unpaired) electrons. The lowest BCUT2D eigenvalue weighted by Crippen LogP contribution is -2.18. The van der Waals surface area contributed by atoms with Crippen LogP contribution in [0.15, 0.2) is 36.4 Å². The molecule has 0 saturated carbocycles. The normalized spacial score (nSPS) is 14.4. The van der Waals surface area contributed by atoms with Crippen molar-refractivity contribution in [2.45, 2.75) is 104 Å². The van der Waals surface area contributed by atoms with Crippen LogP contribution in [0.5, 0.6) is 23.0 Å². The topological polar surface area (TPSA) is 71.1 Å². The quantitative estimate of drug-likeness (QED) is 0.138. The summed E-state index contributed by atoms with van der Waals surface area (Å²) in [4.78, 5) is 24.2. The molecule has 6 nitrogen and oxygen atoms in total. The van der Waals surface area contributed by atoms with Crippen molar-refractivity contribution in [3.05, 3.63) is 47.5 Å². The lowest BCUT2D eigenvalue weighted by atomic mass is 9.96. The third-order valence-corrected chi connectivity index (χ3v) is 6.60. The molecule has 2 aromatic rings. The molecule has 0 bridgehead atoms. The van der Waals surface area contributed by atoms with E-state index in [1.165, 1.54) is 45.4 Å². The van der Waals surface area contributed by atoms with E-state index in [0.29, 0.717) is 24.5 Å². The van der Waals surface area contributed by atoms with Crippen LogP contribution in [0.2, 0.25) is 0 Å². The molecular formula is C31H42O6. The molecule has 1 heterocycles. The fourth-order valence-electron chi connectivity index (χ4n) is 4.68. The molecule has 1 atom stereocenters. The third-order valence-electron chi connectivity index (χ3n) is 6.60. The van der Waals surface area contributed by atoms with Gasteiger partial charge in [0.1, 0.15) is 29.1 Å². The summed E-state index contributed by atoms with van der Waals surface area (Å²) in [5.74, 6) is 1.56.